The van der Waals surface area contributed by atoms with E-state index in [0.29, 0.717) is 18.7 Å². The smallest absolute Gasteiger partial charge is 0.239 e. The van der Waals surface area contributed by atoms with Gasteiger partial charge in [0.1, 0.15) is 5.82 Å². The third kappa shape index (κ3) is 3.28. The summed E-state index contributed by atoms with van der Waals surface area (Å²) in [6.07, 6.45) is 7.22. The number of aromatic nitrogens is 6. The summed E-state index contributed by atoms with van der Waals surface area (Å²) in [5.41, 5.74) is 7.65. The molecule has 1 aliphatic rings. The average Bonchev–Trinajstić information content (AvgIpc) is 3.27. The number of hydrogen-bond acceptors (Lipinski definition) is 6. The molecule has 3 heterocycles. The number of carbonyl (C=O) groups excluding carboxylic acids is 1. The van der Waals surface area contributed by atoms with Crippen LogP contribution in [-0.4, -0.2) is 35.9 Å². The minimum Gasteiger partial charge on any atom is -0.367 e. The van der Waals surface area contributed by atoms with Gasteiger partial charge in [-0.3, -0.25) is 9.89 Å². The summed E-state index contributed by atoms with van der Waals surface area (Å²) < 4.78 is 1.87. The van der Waals surface area contributed by atoms with Gasteiger partial charge in [0.15, 0.2) is 5.82 Å². The molecule has 9 heteroatoms. The summed E-state index contributed by atoms with van der Waals surface area (Å²) in [6, 6.07) is 5.72. The summed E-state index contributed by atoms with van der Waals surface area (Å²) in [5.74, 6) is 1.58. The second-order valence-corrected chi connectivity index (χ2v) is 6.30. The van der Waals surface area contributed by atoms with Gasteiger partial charge in [-0.25, -0.2) is 9.67 Å². The maximum atomic E-state index is 12.3. The number of amides is 1. The highest BCUT2D eigenvalue weighted by Crippen LogP contribution is 2.30. The molecule has 3 aromatic rings. The Balaban J connectivity index is 1.45. The van der Waals surface area contributed by atoms with Crippen molar-refractivity contribution in [1.82, 2.24) is 35.3 Å². The Hall–Kier alpha value is -3.23. The molecule has 3 aromatic heterocycles. The quantitative estimate of drug-likeness (QED) is 0.631. The lowest BCUT2D eigenvalue weighted by atomic mass is 9.93. The number of fused-ring (bicyclic) bond motifs is 1. The summed E-state index contributed by atoms with van der Waals surface area (Å²) in [4.78, 5) is 20.7. The van der Waals surface area contributed by atoms with Crippen LogP contribution in [0.4, 0.5) is 5.95 Å². The highest BCUT2D eigenvalue weighted by molar-refractivity contribution is 5.76. The van der Waals surface area contributed by atoms with Crippen molar-refractivity contribution in [3.63, 3.8) is 0 Å². The third-order valence-corrected chi connectivity index (χ3v) is 4.52. The number of hydrogen-bond donors (Lipinski definition) is 3. The summed E-state index contributed by atoms with van der Waals surface area (Å²) in [5, 5.41) is 14.1. The molecular weight excluding hydrogens is 332 g/mol. The number of nitrogen functional groups attached to an aromatic ring is 1. The largest absolute Gasteiger partial charge is 0.367 e. The van der Waals surface area contributed by atoms with E-state index in [9.17, 15) is 4.79 Å². The first-order chi connectivity index (χ1) is 12.7. The predicted molar refractivity (Wildman–Crippen MR) is 94.3 cm³/mol. The van der Waals surface area contributed by atoms with Crippen LogP contribution < -0.4 is 11.1 Å². The van der Waals surface area contributed by atoms with Crippen molar-refractivity contribution in [3.8, 4) is 5.82 Å². The topological polar surface area (TPSA) is 127 Å². The number of nitrogens with two attached hydrogens (primary N) is 1. The zero-order valence-electron chi connectivity index (χ0n) is 14.2. The Morgan fingerprint density at radius 2 is 2.35 bits per heavy atom. The molecule has 9 nitrogen and oxygen atoms in total. The molecule has 1 aliphatic carbocycles. The normalized spacial score (nSPS) is 16.2. The molecule has 4 N–H and O–H groups in total. The van der Waals surface area contributed by atoms with E-state index in [2.05, 4.69) is 30.6 Å². The van der Waals surface area contributed by atoms with Crippen LogP contribution in [0, 0.1) is 0 Å². The number of nitrogens with zero attached hydrogens (tertiary/aromatic N) is 5. The first kappa shape index (κ1) is 16.2. The van der Waals surface area contributed by atoms with Crippen molar-refractivity contribution in [2.75, 3.05) is 5.73 Å². The van der Waals surface area contributed by atoms with Crippen LogP contribution in [0.1, 0.15) is 42.4 Å². The zero-order valence-corrected chi connectivity index (χ0v) is 14.2. The number of nitrogens with one attached hydrogen (secondary N) is 2. The molecule has 26 heavy (non-hydrogen) atoms. The maximum absolute atomic E-state index is 12.3. The monoisotopic (exact) mass is 352 g/mol. The van der Waals surface area contributed by atoms with Gasteiger partial charge in [0.2, 0.25) is 11.9 Å². The molecule has 0 saturated heterocycles. The molecular formula is C17H20N8O. The van der Waals surface area contributed by atoms with Gasteiger partial charge in [0.05, 0.1) is 17.9 Å². The van der Waals surface area contributed by atoms with E-state index in [1.54, 1.807) is 6.20 Å². The average molecular weight is 352 g/mol. The van der Waals surface area contributed by atoms with E-state index in [1.807, 2.05) is 29.1 Å². The lowest BCUT2D eigenvalue weighted by molar-refractivity contribution is -0.121. The van der Waals surface area contributed by atoms with Crippen LogP contribution in [-0.2, 0) is 17.6 Å². The molecule has 0 radical (unpaired) electrons. The van der Waals surface area contributed by atoms with Gasteiger partial charge in [0, 0.05) is 24.6 Å². The minimum absolute atomic E-state index is 0.0245. The molecule has 4 rings (SSSR count). The van der Waals surface area contributed by atoms with Gasteiger partial charge in [-0.2, -0.15) is 10.1 Å². The second kappa shape index (κ2) is 6.95. The van der Waals surface area contributed by atoms with Crippen molar-refractivity contribution < 1.29 is 4.79 Å². The van der Waals surface area contributed by atoms with Crippen molar-refractivity contribution in [2.24, 2.45) is 0 Å². The Bertz CT molecular complexity index is 901. The van der Waals surface area contributed by atoms with Gasteiger partial charge < -0.3 is 11.1 Å². The number of pyridine rings is 1. The number of anilines is 1. The summed E-state index contributed by atoms with van der Waals surface area (Å²) in [6.45, 7) is 0. The van der Waals surface area contributed by atoms with Gasteiger partial charge in [-0.15, -0.1) is 5.10 Å². The van der Waals surface area contributed by atoms with E-state index >= 15 is 0 Å². The van der Waals surface area contributed by atoms with Gasteiger partial charge in [-0.05, 0) is 31.4 Å². The van der Waals surface area contributed by atoms with Crippen molar-refractivity contribution in [3.05, 3.63) is 47.7 Å². The number of H-pyrrole nitrogens is 1. The van der Waals surface area contributed by atoms with Gasteiger partial charge in [-0.1, -0.05) is 6.07 Å². The fraction of sp³-hybridized carbons (Fsp3) is 0.353. The SMILES string of the molecule is Nc1n[nH]c(CCC(=O)N[C@H]2CCCc3c2cnn3-c2ccccn2)n1. The number of aryl methyl sites for hydroxylation is 1. The summed E-state index contributed by atoms with van der Waals surface area (Å²) in [7, 11) is 0. The molecule has 0 fully saturated rings. The molecule has 1 amide bonds. The van der Waals surface area contributed by atoms with E-state index < -0.39 is 0 Å². The highest BCUT2D eigenvalue weighted by Gasteiger charge is 2.26. The van der Waals surface area contributed by atoms with Crippen molar-refractivity contribution >= 4 is 11.9 Å². The fourth-order valence-electron chi connectivity index (χ4n) is 3.30. The standard InChI is InChI=1S/C17H20N8O/c18-17-22-14(23-24-17)7-8-16(26)21-12-4-3-5-13-11(12)10-20-25(13)15-6-1-2-9-19-15/h1-2,6,9-10,12H,3-5,7-8H2,(H,21,26)(H3,18,22,23,24)/t12-/m0/s1. The molecule has 0 unspecified atom stereocenters. The molecule has 0 spiro atoms. The maximum Gasteiger partial charge on any atom is 0.239 e. The van der Waals surface area contributed by atoms with Crippen LogP contribution in [0.15, 0.2) is 30.6 Å². The molecule has 134 valence electrons. The minimum atomic E-state index is -0.0246. The van der Waals surface area contributed by atoms with Crippen LogP contribution in [0.5, 0.6) is 0 Å². The Labute approximate surface area is 150 Å². The lowest BCUT2D eigenvalue weighted by Crippen LogP contribution is -2.31. The third-order valence-electron chi connectivity index (χ3n) is 4.52. The van der Waals surface area contributed by atoms with Crippen LogP contribution in [0.3, 0.4) is 0 Å². The van der Waals surface area contributed by atoms with E-state index in [0.717, 1.165) is 36.3 Å². The molecule has 0 bridgehead atoms. The molecule has 0 saturated carbocycles. The number of carbonyl (C=O) groups is 1. The molecule has 0 aromatic carbocycles. The Morgan fingerprint density at radius 3 is 3.12 bits per heavy atom. The Kier molecular flexibility index (Phi) is 4.34. The first-order valence-electron chi connectivity index (χ1n) is 8.65. The first-order valence-corrected chi connectivity index (χ1v) is 8.65. The lowest BCUT2D eigenvalue weighted by Gasteiger charge is -2.24. The van der Waals surface area contributed by atoms with E-state index in [-0.39, 0.29) is 17.9 Å². The highest BCUT2D eigenvalue weighted by atomic mass is 16.1. The number of rotatable bonds is 5. The van der Waals surface area contributed by atoms with Crippen LogP contribution >= 0.6 is 0 Å². The van der Waals surface area contributed by atoms with Crippen LogP contribution in [0.25, 0.3) is 5.82 Å². The fourth-order valence-corrected chi connectivity index (χ4v) is 3.30. The van der Waals surface area contributed by atoms with Crippen molar-refractivity contribution in [2.45, 2.75) is 38.1 Å². The Morgan fingerprint density at radius 1 is 1.42 bits per heavy atom. The van der Waals surface area contributed by atoms with E-state index in [4.69, 9.17) is 5.73 Å². The van der Waals surface area contributed by atoms with E-state index in [1.165, 1.54) is 0 Å². The summed E-state index contributed by atoms with van der Waals surface area (Å²) >= 11 is 0. The van der Waals surface area contributed by atoms with Crippen LogP contribution in [0.2, 0.25) is 0 Å². The zero-order chi connectivity index (χ0) is 17.9. The number of aromatic amines is 1. The second-order valence-electron chi connectivity index (χ2n) is 6.30. The predicted octanol–water partition coefficient (Wildman–Crippen LogP) is 1.09. The van der Waals surface area contributed by atoms with Crippen molar-refractivity contribution in [1.29, 1.82) is 0 Å². The van der Waals surface area contributed by atoms with Gasteiger partial charge >= 0.3 is 0 Å². The molecule has 1 atom stereocenters. The van der Waals surface area contributed by atoms with Gasteiger partial charge in [0.25, 0.3) is 0 Å². The molecule has 0 aliphatic heterocycles.